The van der Waals surface area contributed by atoms with Gasteiger partial charge in [-0.25, -0.2) is 9.97 Å². The van der Waals surface area contributed by atoms with Gasteiger partial charge in [0, 0.05) is 44.2 Å². The minimum absolute atomic E-state index is 0.0944. The molecular weight excluding hydrogens is 334 g/mol. The Labute approximate surface area is 134 Å². The van der Waals surface area contributed by atoms with E-state index < -0.39 is 0 Å². The summed E-state index contributed by atoms with van der Waals surface area (Å²) in [6.07, 6.45) is 6.95. The van der Waals surface area contributed by atoms with Crippen LogP contribution in [0.2, 0.25) is 0 Å². The molecule has 0 spiro atoms. The van der Waals surface area contributed by atoms with Crippen molar-refractivity contribution in [3.05, 3.63) is 16.9 Å². The van der Waals surface area contributed by atoms with Gasteiger partial charge in [0.05, 0.1) is 4.47 Å². The molecule has 1 aliphatic heterocycles. The van der Waals surface area contributed by atoms with Crippen LogP contribution >= 0.6 is 15.9 Å². The van der Waals surface area contributed by atoms with Gasteiger partial charge in [-0.15, -0.1) is 0 Å². The van der Waals surface area contributed by atoms with Gasteiger partial charge in [-0.05, 0) is 28.8 Å². The molecule has 1 aromatic rings. The second-order valence-corrected chi connectivity index (χ2v) is 6.26. The smallest absolute Gasteiger partial charge is 0.316 e. The van der Waals surface area contributed by atoms with E-state index in [1.54, 1.807) is 12.4 Å². The Morgan fingerprint density at radius 1 is 1.33 bits per heavy atom. The average Bonchev–Trinajstić information content (AvgIpc) is 2.51. The highest BCUT2D eigenvalue weighted by Gasteiger charge is 2.27. The van der Waals surface area contributed by atoms with Crippen LogP contribution in [0.4, 0.5) is 0 Å². The van der Waals surface area contributed by atoms with Gasteiger partial charge in [-0.3, -0.25) is 4.79 Å². The van der Waals surface area contributed by atoms with Crippen molar-refractivity contribution < 1.29 is 9.53 Å². The predicted octanol–water partition coefficient (Wildman–Crippen LogP) is 3.05. The summed E-state index contributed by atoms with van der Waals surface area (Å²) in [5.41, 5.74) is 0. The molecule has 1 saturated heterocycles. The standard InChI is InChI=1S/C15H22BrN3O2/c1-3-11(4-2)14(20)19-7-5-13(6-8-19)21-15-17-9-12(16)10-18-15/h9-11,13H,3-8H2,1-2H3. The SMILES string of the molecule is CCC(CC)C(=O)N1CCC(Oc2ncc(Br)cn2)CC1. The molecule has 0 bridgehead atoms. The summed E-state index contributed by atoms with van der Waals surface area (Å²) in [7, 11) is 0. The maximum Gasteiger partial charge on any atom is 0.316 e. The molecule has 5 nitrogen and oxygen atoms in total. The summed E-state index contributed by atoms with van der Waals surface area (Å²) in [6, 6.07) is 0.406. The van der Waals surface area contributed by atoms with Gasteiger partial charge < -0.3 is 9.64 Å². The van der Waals surface area contributed by atoms with E-state index >= 15 is 0 Å². The quantitative estimate of drug-likeness (QED) is 0.814. The lowest BCUT2D eigenvalue weighted by Gasteiger charge is -2.33. The van der Waals surface area contributed by atoms with Crippen molar-refractivity contribution in [1.29, 1.82) is 0 Å². The van der Waals surface area contributed by atoms with Crippen LogP contribution in [0.5, 0.6) is 6.01 Å². The molecular formula is C15H22BrN3O2. The van der Waals surface area contributed by atoms with Gasteiger partial charge in [0.1, 0.15) is 6.10 Å². The molecule has 1 aromatic heterocycles. The van der Waals surface area contributed by atoms with E-state index in [0.29, 0.717) is 11.9 Å². The molecule has 116 valence electrons. The molecule has 2 heterocycles. The second-order valence-electron chi connectivity index (χ2n) is 5.34. The molecule has 21 heavy (non-hydrogen) atoms. The van der Waals surface area contributed by atoms with Crippen LogP contribution in [0, 0.1) is 5.92 Å². The molecule has 0 aliphatic carbocycles. The molecule has 1 aliphatic rings. The number of rotatable bonds is 5. The van der Waals surface area contributed by atoms with Crippen molar-refractivity contribution in [3.8, 4) is 6.01 Å². The van der Waals surface area contributed by atoms with Crippen molar-refractivity contribution in [2.24, 2.45) is 5.92 Å². The lowest BCUT2D eigenvalue weighted by Crippen LogP contribution is -2.44. The van der Waals surface area contributed by atoms with Crippen molar-refractivity contribution in [1.82, 2.24) is 14.9 Å². The zero-order chi connectivity index (χ0) is 15.2. The Hall–Kier alpha value is -1.17. The summed E-state index contributed by atoms with van der Waals surface area (Å²) in [5.74, 6) is 0.454. The zero-order valence-corrected chi connectivity index (χ0v) is 14.2. The monoisotopic (exact) mass is 355 g/mol. The summed E-state index contributed by atoms with van der Waals surface area (Å²) < 4.78 is 6.60. The fourth-order valence-electron chi connectivity index (χ4n) is 2.60. The van der Waals surface area contributed by atoms with Crippen LogP contribution in [-0.4, -0.2) is 40.0 Å². The van der Waals surface area contributed by atoms with Crippen molar-refractivity contribution >= 4 is 21.8 Å². The van der Waals surface area contributed by atoms with Crippen molar-refractivity contribution in [3.63, 3.8) is 0 Å². The van der Waals surface area contributed by atoms with E-state index in [1.807, 2.05) is 4.90 Å². The maximum absolute atomic E-state index is 12.3. The summed E-state index contributed by atoms with van der Waals surface area (Å²) in [4.78, 5) is 22.5. The first-order chi connectivity index (χ1) is 10.1. The van der Waals surface area contributed by atoms with Crippen molar-refractivity contribution in [2.45, 2.75) is 45.6 Å². The van der Waals surface area contributed by atoms with Crippen LogP contribution in [0.3, 0.4) is 0 Å². The number of ether oxygens (including phenoxy) is 1. The Morgan fingerprint density at radius 2 is 1.90 bits per heavy atom. The van der Waals surface area contributed by atoms with E-state index in [1.165, 1.54) is 0 Å². The highest BCUT2D eigenvalue weighted by atomic mass is 79.9. The zero-order valence-electron chi connectivity index (χ0n) is 12.6. The number of halogens is 1. The van der Waals surface area contributed by atoms with Crippen molar-refractivity contribution in [2.75, 3.05) is 13.1 Å². The van der Waals surface area contributed by atoms with Crippen LogP contribution < -0.4 is 4.74 Å². The molecule has 0 unspecified atom stereocenters. The number of nitrogens with zero attached hydrogens (tertiary/aromatic N) is 3. The second kappa shape index (κ2) is 7.73. The Kier molecular flexibility index (Phi) is 5.96. The summed E-state index contributed by atoms with van der Waals surface area (Å²) in [5, 5.41) is 0. The van der Waals surface area contributed by atoms with Gasteiger partial charge in [-0.1, -0.05) is 13.8 Å². The fraction of sp³-hybridized carbons (Fsp3) is 0.667. The minimum Gasteiger partial charge on any atom is -0.460 e. The number of amides is 1. The third-order valence-corrected chi connectivity index (χ3v) is 4.37. The van der Waals surface area contributed by atoms with Gasteiger partial charge in [-0.2, -0.15) is 0 Å². The number of hydrogen-bond acceptors (Lipinski definition) is 4. The van der Waals surface area contributed by atoms with Crippen LogP contribution in [0.15, 0.2) is 16.9 Å². The van der Waals surface area contributed by atoms with Crippen LogP contribution in [0.25, 0.3) is 0 Å². The molecule has 0 saturated carbocycles. The number of carbonyl (C=O) groups is 1. The molecule has 1 amide bonds. The van der Waals surface area contributed by atoms with Gasteiger partial charge in [0.25, 0.3) is 0 Å². The van der Waals surface area contributed by atoms with Crippen LogP contribution in [-0.2, 0) is 4.79 Å². The van der Waals surface area contributed by atoms with Gasteiger partial charge in [0.15, 0.2) is 0 Å². The number of carbonyl (C=O) groups excluding carboxylic acids is 1. The lowest BCUT2D eigenvalue weighted by atomic mass is 9.99. The molecule has 1 fully saturated rings. The highest BCUT2D eigenvalue weighted by Crippen LogP contribution is 2.20. The lowest BCUT2D eigenvalue weighted by molar-refractivity contribution is -0.137. The van der Waals surface area contributed by atoms with E-state index in [9.17, 15) is 4.79 Å². The highest BCUT2D eigenvalue weighted by molar-refractivity contribution is 9.10. The van der Waals surface area contributed by atoms with Crippen LogP contribution in [0.1, 0.15) is 39.5 Å². The summed E-state index contributed by atoms with van der Waals surface area (Å²) in [6.45, 7) is 5.67. The largest absolute Gasteiger partial charge is 0.460 e. The topological polar surface area (TPSA) is 55.3 Å². The maximum atomic E-state index is 12.3. The molecule has 0 aromatic carbocycles. The normalized spacial score (nSPS) is 16.3. The molecule has 0 radical (unpaired) electrons. The number of likely N-dealkylation sites (tertiary alicyclic amines) is 1. The first-order valence-electron chi connectivity index (χ1n) is 7.57. The Morgan fingerprint density at radius 3 is 2.43 bits per heavy atom. The number of piperidine rings is 1. The average molecular weight is 356 g/mol. The summed E-state index contributed by atoms with van der Waals surface area (Å²) >= 11 is 3.30. The first-order valence-corrected chi connectivity index (χ1v) is 8.36. The van der Waals surface area contributed by atoms with Gasteiger partial charge >= 0.3 is 6.01 Å². The molecule has 2 rings (SSSR count). The Bertz CT molecular complexity index is 454. The molecule has 0 N–H and O–H groups in total. The number of aromatic nitrogens is 2. The third-order valence-electron chi connectivity index (χ3n) is 3.96. The van der Waals surface area contributed by atoms with E-state index in [2.05, 4.69) is 39.7 Å². The Balaban J connectivity index is 1.83. The van der Waals surface area contributed by atoms with E-state index in [-0.39, 0.29) is 12.0 Å². The molecule has 0 atom stereocenters. The molecule has 6 heteroatoms. The van der Waals surface area contributed by atoms with E-state index in [4.69, 9.17) is 4.74 Å². The first kappa shape index (κ1) is 16.2. The van der Waals surface area contributed by atoms with E-state index in [0.717, 1.165) is 43.2 Å². The number of hydrogen-bond donors (Lipinski definition) is 0. The predicted molar refractivity (Wildman–Crippen MR) is 84.0 cm³/mol. The minimum atomic E-state index is 0.0944. The third kappa shape index (κ3) is 4.40. The van der Waals surface area contributed by atoms with Gasteiger partial charge in [0.2, 0.25) is 5.91 Å². The fourth-order valence-corrected chi connectivity index (χ4v) is 2.81.